The van der Waals surface area contributed by atoms with Crippen LogP contribution >= 0.6 is 0 Å². The maximum absolute atomic E-state index is 10.3. The molecule has 13 heavy (non-hydrogen) atoms. The molecule has 0 aliphatic carbocycles. The first kappa shape index (κ1) is 12.4. The largest absolute Gasteiger partial charge is 0.380 e. The van der Waals surface area contributed by atoms with Gasteiger partial charge in [-0.15, -0.1) is 0 Å². The van der Waals surface area contributed by atoms with E-state index in [9.17, 15) is 4.79 Å². The molecular weight excluding hydrogens is 168 g/mol. The van der Waals surface area contributed by atoms with E-state index < -0.39 is 0 Å². The van der Waals surface area contributed by atoms with Gasteiger partial charge in [0, 0.05) is 26.1 Å². The Labute approximate surface area is 79.8 Å². The molecule has 0 rings (SSSR count). The molecule has 3 N–H and O–H groups in total. The Morgan fingerprint density at radius 3 is 2.69 bits per heavy atom. The van der Waals surface area contributed by atoms with E-state index in [-0.39, 0.29) is 5.91 Å². The summed E-state index contributed by atoms with van der Waals surface area (Å²) in [6.07, 6.45) is 0.393. The van der Waals surface area contributed by atoms with Crippen LogP contribution in [0.2, 0.25) is 0 Å². The van der Waals surface area contributed by atoms with Crippen molar-refractivity contribution in [3.8, 4) is 0 Å². The van der Waals surface area contributed by atoms with Gasteiger partial charge in [-0.1, -0.05) is 13.8 Å². The van der Waals surface area contributed by atoms with Crippen LogP contribution in [0, 0.1) is 5.92 Å². The quantitative estimate of drug-likeness (QED) is 0.532. The van der Waals surface area contributed by atoms with Crippen LogP contribution < -0.4 is 11.1 Å². The SMILES string of the molecule is CC(C)COCCNCCC(N)=O. The van der Waals surface area contributed by atoms with Gasteiger partial charge in [0.05, 0.1) is 6.61 Å². The summed E-state index contributed by atoms with van der Waals surface area (Å²) >= 11 is 0. The van der Waals surface area contributed by atoms with Gasteiger partial charge in [0.2, 0.25) is 5.91 Å². The summed E-state index contributed by atoms with van der Waals surface area (Å²) in [7, 11) is 0. The molecule has 0 aliphatic heterocycles. The number of nitrogens with two attached hydrogens (primary N) is 1. The van der Waals surface area contributed by atoms with Gasteiger partial charge in [-0.3, -0.25) is 4.79 Å². The highest BCUT2D eigenvalue weighted by Gasteiger charge is 1.94. The highest BCUT2D eigenvalue weighted by molar-refractivity contribution is 5.73. The summed E-state index contributed by atoms with van der Waals surface area (Å²) < 4.78 is 5.32. The molecule has 0 saturated heterocycles. The van der Waals surface area contributed by atoms with Crippen LogP contribution in [0.15, 0.2) is 0 Å². The second kappa shape index (κ2) is 8.01. The fourth-order valence-electron chi connectivity index (χ4n) is 0.800. The lowest BCUT2D eigenvalue weighted by Crippen LogP contribution is -2.25. The maximum Gasteiger partial charge on any atom is 0.218 e. The Morgan fingerprint density at radius 1 is 1.46 bits per heavy atom. The molecule has 0 fully saturated rings. The lowest BCUT2D eigenvalue weighted by atomic mass is 10.2. The predicted octanol–water partition coefficient (Wildman–Crippen LogP) is 0.124. The van der Waals surface area contributed by atoms with Crippen molar-refractivity contribution in [1.29, 1.82) is 0 Å². The van der Waals surface area contributed by atoms with E-state index in [1.807, 2.05) is 0 Å². The number of hydrogen-bond acceptors (Lipinski definition) is 3. The minimum Gasteiger partial charge on any atom is -0.380 e. The zero-order valence-electron chi connectivity index (χ0n) is 8.51. The zero-order valence-corrected chi connectivity index (χ0v) is 8.51. The zero-order chi connectivity index (χ0) is 10.1. The molecule has 4 heteroatoms. The van der Waals surface area contributed by atoms with Crippen LogP contribution in [0.3, 0.4) is 0 Å². The normalized spacial score (nSPS) is 10.7. The van der Waals surface area contributed by atoms with Crippen LogP contribution in [-0.2, 0) is 9.53 Å². The van der Waals surface area contributed by atoms with Crippen LogP contribution in [0.1, 0.15) is 20.3 Å². The van der Waals surface area contributed by atoms with Gasteiger partial charge in [0.15, 0.2) is 0 Å². The van der Waals surface area contributed by atoms with Crippen LogP contribution in [0.5, 0.6) is 0 Å². The molecule has 4 nitrogen and oxygen atoms in total. The Kier molecular flexibility index (Phi) is 7.63. The Balaban J connectivity index is 2.96. The molecule has 1 amide bonds. The fraction of sp³-hybridized carbons (Fsp3) is 0.889. The lowest BCUT2D eigenvalue weighted by Gasteiger charge is -2.07. The minimum atomic E-state index is -0.268. The van der Waals surface area contributed by atoms with Crippen molar-refractivity contribution in [3.63, 3.8) is 0 Å². The lowest BCUT2D eigenvalue weighted by molar-refractivity contribution is -0.117. The Bertz CT molecular complexity index is 138. The van der Waals surface area contributed by atoms with Gasteiger partial charge in [-0.25, -0.2) is 0 Å². The average molecular weight is 188 g/mol. The molecule has 0 aromatic carbocycles. The number of carbonyl (C=O) groups is 1. The fourth-order valence-corrected chi connectivity index (χ4v) is 0.800. The molecule has 0 aliphatic rings. The van der Waals surface area contributed by atoms with Gasteiger partial charge in [-0.2, -0.15) is 0 Å². The number of amides is 1. The summed E-state index contributed by atoms with van der Waals surface area (Å²) in [5.74, 6) is 0.307. The Morgan fingerprint density at radius 2 is 2.15 bits per heavy atom. The molecule has 0 atom stereocenters. The topological polar surface area (TPSA) is 64.3 Å². The monoisotopic (exact) mass is 188 g/mol. The number of rotatable bonds is 8. The van der Waals surface area contributed by atoms with Crippen molar-refractivity contribution in [2.45, 2.75) is 20.3 Å². The third-order valence-electron chi connectivity index (χ3n) is 1.42. The van der Waals surface area contributed by atoms with Crippen LogP contribution in [0.4, 0.5) is 0 Å². The third kappa shape index (κ3) is 11.4. The Hall–Kier alpha value is -0.610. The molecule has 0 aromatic rings. The second-order valence-electron chi connectivity index (χ2n) is 3.44. The highest BCUT2D eigenvalue weighted by atomic mass is 16.5. The minimum absolute atomic E-state index is 0.268. The standard InChI is InChI=1S/C9H20N2O2/c1-8(2)7-13-6-5-11-4-3-9(10)12/h8,11H,3-7H2,1-2H3,(H2,10,12). The molecule has 0 radical (unpaired) electrons. The predicted molar refractivity (Wildman–Crippen MR) is 52.3 cm³/mol. The average Bonchev–Trinajstić information content (AvgIpc) is 2.01. The van der Waals surface area contributed by atoms with Crippen molar-refractivity contribution in [1.82, 2.24) is 5.32 Å². The summed E-state index contributed by atoms with van der Waals surface area (Å²) in [5, 5.41) is 3.06. The number of ether oxygens (including phenoxy) is 1. The van der Waals surface area contributed by atoms with E-state index in [1.54, 1.807) is 0 Å². The number of nitrogens with one attached hydrogen (secondary N) is 1. The molecule has 0 heterocycles. The number of primary amides is 1. The summed E-state index contributed by atoms with van der Waals surface area (Å²) in [5.41, 5.74) is 4.96. The van der Waals surface area contributed by atoms with E-state index in [0.29, 0.717) is 25.5 Å². The van der Waals surface area contributed by atoms with Gasteiger partial charge < -0.3 is 15.8 Å². The van der Waals surface area contributed by atoms with Crippen molar-refractivity contribution in [3.05, 3.63) is 0 Å². The first-order valence-electron chi connectivity index (χ1n) is 4.69. The van der Waals surface area contributed by atoms with E-state index >= 15 is 0 Å². The second-order valence-corrected chi connectivity index (χ2v) is 3.44. The number of carbonyl (C=O) groups excluding carboxylic acids is 1. The van der Waals surface area contributed by atoms with Crippen molar-refractivity contribution in [2.75, 3.05) is 26.3 Å². The van der Waals surface area contributed by atoms with Gasteiger partial charge in [-0.05, 0) is 5.92 Å². The van der Waals surface area contributed by atoms with Crippen LogP contribution in [0.25, 0.3) is 0 Å². The van der Waals surface area contributed by atoms with E-state index in [4.69, 9.17) is 10.5 Å². The molecule has 0 saturated carbocycles. The highest BCUT2D eigenvalue weighted by Crippen LogP contribution is 1.90. The van der Waals surface area contributed by atoms with Crippen molar-refractivity contribution >= 4 is 5.91 Å². The molecular formula is C9H20N2O2. The van der Waals surface area contributed by atoms with E-state index in [2.05, 4.69) is 19.2 Å². The van der Waals surface area contributed by atoms with Crippen molar-refractivity contribution < 1.29 is 9.53 Å². The first-order chi connectivity index (χ1) is 6.13. The maximum atomic E-state index is 10.3. The third-order valence-corrected chi connectivity index (χ3v) is 1.42. The smallest absolute Gasteiger partial charge is 0.218 e. The molecule has 0 spiro atoms. The number of hydrogen-bond donors (Lipinski definition) is 2. The molecule has 0 aromatic heterocycles. The summed E-state index contributed by atoms with van der Waals surface area (Å²) in [6, 6.07) is 0. The van der Waals surface area contributed by atoms with Gasteiger partial charge >= 0.3 is 0 Å². The first-order valence-corrected chi connectivity index (χ1v) is 4.69. The van der Waals surface area contributed by atoms with Gasteiger partial charge in [0.25, 0.3) is 0 Å². The summed E-state index contributed by atoms with van der Waals surface area (Å²) in [6.45, 7) is 7.12. The van der Waals surface area contributed by atoms with Gasteiger partial charge in [0.1, 0.15) is 0 Å². The van der Waals surface area contributed by atoms with E-state index in [0.717, 1.165) is 13.2 Å². The molecule has 0 unspecified atom stereocenters. The van der Waals surface area contributed by atoms with Crippen molar-refractivity contribution in [2.24, 2.45) is 11.7 Å². The molecule has 0 bridgehead atoms. The van der Waals surface area contributed by atoms with Crippen LogP contribution in [-0.4, -0.2) is 32.2 Å². The molecule has 78 valence electrons. The van der Waals surface area contributed by atoms with E-state index in [1.165, 1.54) is 0 Å². The summed E-state index contributed by atoms with van der Waals surface area (Å²) in [4.78, 5) is 10.3.